The Bertz CT molecular complexity index is 825. The maximum Gasteiger partial charge on any atom is 0.418 e. The maximum atomic E-state index is 13.0. The van der Waals surface area contributed by atoms with Crippen molar-refractivity contribution in [3.63, 3.8) is 0 Å². The van der Waals surface area contributed by atoms with Crippen LogP contribution in [0.15, 0.2) is 42.5 Å². The highest BCUT2D eigenvalue weighted by molar-refractivity contribution is 6.30. The third kappa shape index (κ3) is 5.13. The average Bonchev–Trinajstić information content (AvgIpc) is 2.55. The van der Waals surface area contributed by atoms with Gasteiger partial charge in [-0.05, 0) is 30.3 Å². The smallest absolute Gasteiger partial charge is 0.418 e. The summed E-state index contributed by atoms with van der Waals surface area (Å²) in [4.78, 5) is 23.9. The summed E-state index contributed by atoms with van der Waals surface area (Å²) in [7, 11) is 1.41. The van der Waals surface area contributed by atoms with E-state index in [1.54, 1.807) is 24.3 Å². The molecule has 0 atom stereocenters. The Hall–Kier alpha value is -2.74. The van der Waals surface area contributed by atoms with E-state index in [1.807, 2.05) is 0 Å². The van der Waals surface area contributed by atoms with Gasteiger partial charge in [0.25, 0.3) is 0 Å². The molecule has 0 aliphatic heterocycles. The number of ether oxygens (including phenoxy) is 1. The van der Waals surface area contributed by atoms with E-state index in [9.17, 15) is 22.8 Å². The minimum absolute atomic E-state index is 0.121. The number of hydrogen-bond acceptors (Lipinski definition) is 3. The van der Waals surface area contributed by atoms with Crippen molar-refractivity contribution < 1.29 is 27.5 Å². The number of para-hydroxylation sites is 2. The number of halogens is 4. The van der Waals surface area contributed by atoms with E-state index in [1.165, 1.54) is 13.2 Å². The Morgan fingerprint density at radius 1 is 1.04 bits per heavy atom. The van der Waals surface area contributed by atoms with E-state index in [2.05, 4.69) is 10.6 Å². The zero-order valence-electron chi connectivity index (χ0n) is 13.5. The standard InChI is InChI=1S/C17H14ClF3N2O3/c1-26-14-5-3-2-4-13(14)23-16(25)9-15(24)22-12-7-6-10(18)8-11(12)17(19,20)21/h2-8H,9H2,1H3,(H,22,24)(H,23,25). The van der Waals surface area contributed by atoms with Crippen LogP contribution in [0.1, 0.15) is 12.0 Å². The first-order valence-electron chi connectivity index (χ1n) is 7.30. The van der Waals surface area contributed by atoms with Crippen LogP contribution in [-0.2, 0) is 15.8 Å². The Morgan fingerprint density at radius 3 is 2.27 bits per heavy atom. The highest BCUT2D eigenvalue weighted by atomic mass is 35.5. The fraction of sp³-hybridized carbons (Fsp3) is 0.176. The van der Waals surface area contributed by atoms with E-state index in [0.717, 1.165) is 6.07 Å². The van der Waals surface area contributed by atoms with Gasteiger partial charge in [-0.15, -0.1) is 0 Å². The molecule has 2 rings (SSSR count). The van der Waals surface area contributed by atoms with Gasteiger partial charge in [0, 0.05) is 5.02 Å². The molecule has 0 spiro atoms. The molecule has 0 aromatic heterocycles. The summed E-state index contributed by atoms with van der Waals surface area (Å²) in [6.07, 6.45) is -5.37. The summed E-state index contributed by atoms with van der Waals surface area (Å²) >= 11 is 5.57. The van der Waals surface area contributed by atoms with Crippen LogP contribution in [-0.4, -0.2) is 18.9 Å². The highest BCUT2D eigenvalue weighted by Gasteiger charge is 2.34. The Morgan fingerprint density at radius 2 is 1.65 bits per heavy atom. The third-order valence-corrected chi connectivity index (χ3v) is 3.50. The van der Waals surface area contributed by atoms with Crippen molar-refractivity contribution in [1.29, 1.82) is 0 Å². The summed E-state index contributed by atoms with van der Waals surface area (Å²) in [5.74, 6) is -1.21. The fourth-order valence-electron chi connectivity index (χ4n) is 2.14. The topological polar surface area (TPSA) is 67.4 Å². The van der Waals surface area contributed by atoms with Crippen LogP contribution in [0.5, 0.6) is 5.75 Å². The minimum Gasteiger partial charge on any atom is -0.495 e. The number of anilines is 2. The lowest BCUT2D eigenvalue weighted by molar-refractivity contribution is -0.137. The average molecular weight is 387 g/mol. The number of nitrogens with one attached hydrogen (secondary N) is 2. The first-order chi connectivity index (χ1) is 12.2. The molecule has 2 amide bonds. The molecule has 2 aromatic rings. The van der Waals surface area contributed by atoms with Gasteiger partial charge < -0.3 is 15.4 Å². The molecular weight excluding hydrogens is 373 g/mol. The highest BCUT2D eigenvalue weighted by Crippen LogP contribution is 2.36. The number of carbonyl (C=O) groups is 2. The Kier molecular flexibility index (Phi) is 6.10. The lowest BCUT2D eigenvalue weighted by atomic mass is 10.1. The molecule has 5 nitrogen and oxygen atoms in total. The van der Waals surface area contributed by atoms with Crippen molar-refractivity contribution in [1.82, 2.24) is 0 Å². The van der Waals surface area contributed by atoms with Crippen LogP contribution < -0.4 is 15.4 Å². The zero-order valence-corrected chi connectivity index (χ0v) is 14.2. The Labute approximate surface area is 152 Å². The molecule has 26 heavy (non-hydrogen) atoms. The van der Waals surface area contributed by atoms with E-state index in [4.69, 9.17) is 16.3 Å². The second-order valence-corrected chi connectivity index (χ2v) is 5.60. The third-order valence-electron chi connectivity index (χ3n) is 3.26. The van der Waals surface area contributed by atoms with Crippen LogP contribution in [0.25, 0.3) is 0 Å². The molecule has 0 radical (unpaired) electrons. The number of hydrogen-bond donors (Lipinski definition) is 2. The van der Waals surface area contributed by atoms with Gasteiger partial charge in [-0.3, -0.25) is 9.59 Å². The zero-order chi connectivity index (χ0) is 19.3. The summed E-state index contributed by atoms with van der Waals surface area (Å²) in [6.45, 7) is 0. The molecule has 0 fully saturated rings. The molecule has 2 N–H and O–H groups in total. The fourth-order valence-corrected chi connectivity index (χ4v) is 2.31. The van der Waals surface area contributed by atoms with Crippen LogP contribution in [0.4, 0.5) is 24.5 Å². The molecule has 2 aromatic carbocycles. The summed E-state index contributed by atoms with van der Waals surface area (Å²) in [6, 6.07) is 9.46. The number of methoxy groups -OCH3 is 1. The molecule has 0 bridgehead atoms. The van der Waals surface area contributed by atoms with Crippen molar-refractivity contribution in [2.75, 3.05) is 17.7 Å². The van der Waals surface area contributed by atoms with Crippen molar-refractivity contribution in [2.45, 2.75) is 12.6 Å². The monoisotopic (exact) mass is 386 g/mol. The molecular formula is C17H14ClF3N2O3. The van der Waals surface area contributed by atoms with Crippen LogP contribution in [0.3, 0.4) is 0 Å². The molecule has 9 heteroatoms. The molecule has 0 saturated heterocycles. The van der Waals surface area contributed by atoms with Crippen molar-refractivity contribution in [3.8, 4) is 5.75 Å². The van der Waals surface area contributed by atoms with E-state index >= 15 is 0 Å². The van der Waals surface area contributed by atoms with E-state index < -0.39 is 35.7 Å². The minimum atomic E-state index is -4.70. The summed E-state index contributed by atoms with van der Waals surface area (Å²) < 4.78 is 44.1. The SMILES string of the molecule is COc1ccccc1NC(=O)CC(=O)Nc1ccc(Cl)cc1C(F)(F)F. The predicted molar refractivity (Wildman–Crippen MR) is 91.3 cm³/mol. The number of benzene rings is 2. The molecule has 138 valence electrons. The van der Waals surface area contributed by atoms with Gasteiger partial charge in [0.15, 0.2) is 0 Å². The van der Waals surface area contributed by atoms with Crippen molar-refractivity contribution in [2.24, 2.45) is 0 Å². The first-order valence-corrected chi connectivity index (χ1v) is 7.68. The van der Waals surface area contributed by atoms with Gasteiger partial charge in [-0.25, -0.2) is 0 Å². The van der Waals surface area contributed by atoms with Gasteiger partial charge in [-0.1, -0.05) is 23.7 Å². The van der Waals surface area contributed by atoms with Gasteiger partial charge >= 0.3 is 6.18 Å². The van der Waals surface area contributed by atoms with Gasteiger partial charge in [0.05, 0.1) is 24.0 Å². The molecule has 0 aliphatic carbocycles. The normalized spacial score (nSPS) is 11.0. The van der Waals surface area contributed by atoms with Crippen LogP contribution in [0.2, 0.25) is 5.02 Å². The summed E-state index contributed by atoms with van der Waals surface area (Å²) in [5.41, 5.74) is -1.23. The number of alkyl halides is 3. The number of rotatable bonds is 5. The van der Waals surface area contributed by atoms with Crippen molar-refractivity contribution >= 4 is 34.8 Å². The quantitative estimate of drug-likeness (QED) is 0.751. The number of carbonyl (C=O) groups excluding carboxylic acids is 2. The second kappa shape index (κ2) is 8.09. The lowest BCUT2D eigenvalue weighted by Crippen LogP contribution is -2.23. The summed E-state index contributed by atoms with van der Waals surface area (Å²) in [5, 5.41) is 4.42. The maximum absolute atomic E-state index is 13.0. The predicted octanol–water partition coefficient (Wildman–Crippen LogP) is 4.33. The largest absolute Gasteiger partial charge is 0.495 e. The van der Waals surface area contributed by atoms with Gasteiger partial charge in [-0.2, -0.15) is 13.2 Å². The van der Waals surface area contributed by atoms with Crippen LogP contribution in [0, 0.1) is 0 Å². The van der Waals surface area contributed by atoms with Crippen molar-refractivity contribution in [3.05, 3.63) is 53.1 Å². The Balaban J connectivity index is 2.06. The molecule has 0 saturated carbocycles. The van der Waals surface area contributed by atoms with E-state index in [-0.39, 0.29) is 5.02 Å². The second-order valence-electron chi connectivity index (χ2n) is 5.16. The number of amides is 2. The van der Waals surface area contributed by atoms with Gasteiger partial charge in [0.1, 0.15) is 12.2 Å². The van der Waals surface area contributed by atoms with Crippen LogP contribution >= 0.6 is 11.6 Å². The lowest BCUT2D eigenvalue weighted by Gasteiger charge is -2.14. The molecule has 0 unspecified atom stereocenters. The van der Waals surface area contributed by atoms with E-state index in [0.29, 0.717) is 17.5 Å². The first kappa shape index (κ1) is 19.6. The molecule has 0 heterocycles. The van der Waals surface area contributed by atoms with Gasteiger partial charge in [0.2, 0.25) is 11.8 Å². The molecule has 0 aliphatic rings.